The molecule has 2 heterocycles. The fourth-order valence-electron chi connectivity index (χ4n) is 4.02. The van der Waals surface area contributed by atoms with Crippen molar-refractivity contribution >= 4 is 11.8 Å². The lowest BCUT2D eigenvalue weighted by Gasteiger charge is -2.33. The largest absolute Gasteiger partial charge is 0.484 e. The lowest BCUT2D eigenvalue weighted by atomic mass is 9.92. The molecule has 148 valence electrons. The molecule has 2 aliphatic rings. The summed E-state index contributed by atoms with van der Waals surface area (Å²) in [5, 5.41) is 10.3. The van der Waals surface area contributed by atoms with Gasteiger partial charge in [0.25, 0.3) is 5.91 Å². The first-order valence-corrected chi connectivity index (χ1v) is 9.96. The smallest absolute Gasteiger partial charge is 0.260 e. The predicted octanol–water partition coefficient (Wildman–Crippen LogP) is 1.70. The molecule has 1 saturated heterocycles. The Morgan fingerprint density at radius 1 is 1.25 bits per heavy atom. The number of para-hydroxylation sites is 1. The summed E-state index contributed by atoms with van der Waals surface area (Å²) in [5.41, 5.74) is 2.37. The first-order chi connectivity index (χ1) is 13.7. The quantitative estimate of drug-likeness (QED) is 0.824. The van der Waals surface area contributed by atoms with E-state index in [9.17, 15) is 9.59 Å². The number of hydrogen-bond donors (Lipinski definition) is 2. The number of carbonyl (C=O) groups is 2. The van der Waals surface area contributed by atoms with Crippen LogP contribution in [-0.2, 0) is 22.4 Å². The van der Waals surface area contributed by atoms with E-state index in [0.717, 1.165) is 37.8 Å². The van der Waals surface area contributed by atoms with Crippen LogP contribution in [0.15, 0.2) is 36.5 Å². The van der Waals surface area contributed by atoms with Gasteiger partial charge in [0.2, 0.25) is 5.91 Å². The molecule has 1 aromatic carbocycles. The van der Waals surface area contributed by atoms with Crippen molar-refractivity contribution in [2.45, 2.75) is 38.1 Å². The molecule has 2 atom stereocenters. The van der Waals surface area contributed by atoms with Crippen LogP contribution in [0.1, 0.15) is 30.5 Å². The molecule has 7 heteroatoms. The number of carbonyl (C=O) groups excluding carboxylic acids is 2. The highest BCUT2D eigenvalue weighted by molar-refractivity contribution is 5.82. The van der Waals surface area contributed by atoms with Crippen molar-refractivity contribution in [3.8, 4) is 5.75 Å². The summed E-state index contributed by atoms with van der Waals surface area (Å²) in [6.45, 7) is 1.15. The number of aryl methyl sites for hydroxylation is 1. The third-order valence-electron chi connectivity index (χ3n) is 5.62. The van der Waals surface area contributed by atoms with Crippen LogP contribution in [0.2, 0.25) is 0 Å². The Balaban J connectivity index is 1.27. The van der Waals surface area contributed by atoms with E-state index in [1.54, 1.807) is 4.90 Å². The van der Waals surface area contributed by atoms with Gasteiger partial charge in [0, 0.05) is 31.2 Å². The number of rotatable bonds is 5. The summed E-state index contributed by atoms with van der Waals surface area (Å²) in [6.07, 6.45) is 6.18. The van der Waals surface area contributed by atoms with Gasteiger partial charge in [-0.15, -0.1) is 0 Å². The lowest BCUT2D eigenvalue weighted by Crippen LogP contribution is -2.49. The molecule has 1 fully saturated rings. The first kappa shape index (κ1) is 18.5. The summed E-state index contributed by atoms with van der Waals surface area (Å²) in [4.78, 5) is 27.0. The number of nitrogens with zero attached hydrogens (tertiary/aromatic N) is 2. The van der Waals surface area contributed by atoms with Crippen LogP contribution < -0.4 is 10.1 Å². The van der Waals surface area contributed by atoms with Gasteiger partial charge in [-0.25, -0.2) is 0 Å². The third-order valence-corrected chi connectivity index (χ3v) is 5.62. The van der Waals surface area contributed by atoms with Gasteiger partial charge in [0.05, 0.1) is 12.1 Å². The molecule has 7 nitrogen and oxygen atoms in total. The Morgan fingerprint density at radius 3 is 2.96 bits per heavy atom. The standard InChI is InChI=1S/C21H26N4O3/c26-20(14-28-18-6-2-1-3-7-18)25-10-4-5-16(13-25)21(27)23-17-9-8-15-12-22-24-19(15)11-17/h1-3,6-7,12,16-17H,4-5,8-11,13-14H2,(H,22,24)(H,23,27). The molecule has 2 amide bonds. The van der Waals surface area contributed by atoms with Crippen LogP contribution in [0.25, 0.3) is 0 Å². The zero-order valence-electron chi connectivity index (χ0n) is 15.9. The van der Waals surface area contributed by atoms with E-state index in [2.05, 4.69) is 15.5 Å². The van der Waals surface area contributed by atoms with Crippen molar-refractivity contribution in [3.63, 3.8) is 0 Å². The average molecular weight is 382 g/mol. The first-order valence-electron chi connectivity index (χ1n) is 9.96. The molecule has 1 aliphatic heterocycles. The van der Waals surface area contributed by atoms with Gasteiger partial charge >= 0.3 is 0 Å². The molecule has 2 N–H and O–H groups in total. The monoisotopic (exact) mass is 382 g/mol. The van der Waals surface area contributed by atoms with Gasteiger partial charge < -0.3 is 15.0 Å². The number of nitrogens with one attached hydrogen (secondary N) is 2. The second-order valence-electron chi connectivity index (χ2n) is 7.60. The molecule has 2 unspecified atom stereocenters. The third kappa shape index (κ3) is 4.35. The van der Waals surface area contributed by atoms with E-state index < -0.39 is 0 Å². The average Bonchev–Trinajstić information content (AvgIpc) is 3.21. The van der Waals surface area contributed by atoms with Crippen molar-refractivity contribution in [1.29, 1.82) is 0 Å². The maximum Gasteiger partial charge on any atom is 0.260 e. The molecule has 4 rings (SSSR count). The van der Waals surface area contributed by atoms with Gasteiger partial charge in [0.1, 0.15) is 5.75 Å². The normalized spacial score (nSPS) is 21.6. The Morgan fingerprint density at radius 2 is 2.11 bits per heavy atom. The Hall–Kier alpha value is -2.83. The second kappa shape index (κ2) is 8.46. The summed E-state index contributed by atoms with van der Waals surface area (Å²) in [6, 6.07) is 9.44. The summed E-state index contributed by atoms with van der Waals surface area (Å²) in [5.74, 6) is 0.505. The van der Waals surface area contributed by atoms with Crippen molar-refractivity contribution < 1.29 is 14.3 Å². The number of ether oxygens (including phenoxy) is 1. The number of aromatic nitrogens is 2. The number of hydrogen-bond acceptors (Lipinski definition) is 4. The maximum absolute atomic E-state index is 12.8. The number of fused-ring (bicyclic) bond motifs is 1. The van der Waals surface area contributed by atoms with Crippen LogP contribution in [0.5, 0.6) is 5.75 Å². The Bertz CT molecular complexity index is 820. The van der Waals surface area contributed by atoms with E-state index in [1.165, 1.54) is 5.56 Å². The van der Waals surface area contributed by atoms with E-state index >= 15 is 0 Å². The minimum Gasteiger partial charge on any atom is -0.484 e. The predicted molar refractivity (Wildman–Crippen MR) is 104 cm³/mol. The Kier molecular flexibility index (Phi) is 5.60. The van der Waals surface area contributed by atoms with Gasteiger partial charge in [0.15, 0.2) is 6.61 Å². The fraction of sp³-hybridized carbons (Fsp3) is 0.476. The topological polar surface area (TPSA) is 87.3 Å². The molecule has 2 aromatic rings. The number of aromatic amines is 1. The van der Waals surface area contributed by atoms with Crippen LogP contribution in [0.4, 0.5) is 0 Å². The van der Waals surface area contributed by atoms with Crippen LogP contribution in [0, 0.1) is 5.92 Å². The van der Waals surface area contributed by atoms with Crippen molar-refractivity contribution in [2.24, 2.45) is 5.92 Å². The lowest BCUT2D eigenvalue weighted by molar-refractivity contribution is -0.137. The summed E-state index contributed by atoms with van der Waals surface area (Å²) < 4.78 is 5.56. The van der Waals surface area contributed by atoms with Crippen LogP contribution >= 0.6 is 0 Å². The number of likely N-dealkylation sites (tertiary alicyclic amines) is 1. The molecule has 0 radical (unpaired) electrons. The number of amides is 2. The van der Waals surface area contributed by atoms with E-state index in [-0.39, 0.29) is 30.4 Å². The van der Waals surface area contributed by atoms with Crippen LogP contribution in [0.3, 0.4) is 0 Å². The minimum absolute atomic E-state index is 0.00355. The van der Waals surface area contributed by atoms with E-state index in [1.807, 2.05) is 36.5 Å². The molecule has 0 saturated carbocycles. The molecule has 1 aromatic heterocycles. The summed E-state index contributed by atoms with van der Waals surface area (Å²) >= 11 is 0. The van der Waals surface area contributed by atoms with Crippen molar-refractivity contribution in [1.82, 2.24) is 20.4 Å². The van der Waals surface area contributed by atoms with E-state index in [4.69, 9.17) is 4.74 Å². The van der Waals surface area contributed by atoms with Crippen molar-refractivity contribution in [3.05, 3.63) is 47.8 Å². The zero-order valence-corrected chi connectivity index (χ0v) is 15.9. The van der Waals surface area contributed by atoms with Gasteiger partial charge in [-0.3, -0.25) is 14.7 Å². The zero-order chi connectivity index (χ0) is 19.3. The molecular formula is C21H26N4O3. The Labute approximate surface area is 164 Å². The minimum atomic E-state index is -0.155. The molecule has 1 aliphatic carbocycles. The van der Waals surface area contributed by atoms with Gasteiger partial charge in [-0.05, 0) is 43.4 Å². The highest BCUT2D eigenvalue weighted by Crippen LogP contribution is 2.21. The molecular weight excluding hydrogens is 356 g/mol. The van der Waals surface area contributed by atoms with Gasteiger partial charge in [-0.2, -0.15) is 5.10 Å². The molecule has 0 spiro atoms. The number of H-pyrrole nitrogens is 1. The summed E-state index contributed by atoms with van der Waals surface area (Å²) in [7, 11) is 0. The second-order valence-corrected chi connectivity index (χ2v) is 7.60. The number of benzene rings is 1. The van der Waals surface area contributed by atoms with Gasteiger partial charge in [-0.1, -0.05) is 18.2 Å². The number of piperidine rings is 1. The molecule has 0 bridgehead atoms. The van der Waals surface area contributed by atoms with E-state index in [0.29, 0.717) is 18.8 Å². The fourth-order valence-corrected chi connectivity index (χ4v) is 4.02. The SMILES string of the molecule is O=C(NC1CCc2cn[nH]c2C1)C1CCCN(C(=O)COc2ccccc2)C1. The highest BCUT2D eigenvalue weighted by atomic mass is 16.5. The highest BCUT2D eigenvalue weighted by Gasteiger charge is 2.30. The molecule has 28 heavy (non-hydrogen) atoms. The maximum atomic E-state index is 12.8. The van der Waals surface area contributed by atoms with Crippen molar-refractivity contribution in [2.75, 3.05) is 19.7 Å². The van der Waals surface area contributed by atoms with Crippen LogP contribution in [-0.4, -0.2) is 52.6 Å².